The van der Waals surface area contributed by atoms with Crippen molar-refractivity contribution in [1.82, 2.24) is 9.97 Å². The molecule has 3 nitrogen and oxygen atoms in total. The fourth-order valence-electron chi connectivity index (χ4n) is 2.46. The summed E-state index contributed by atoms with van der Waals surface area (Å²) in [7, 11) is 0. The smallest absolute Gasteiger partial charge is 0.134 e. The molecule has 0 aromatic carbocycles. The van der Waals surface area contributed by atoms with Crippen LogP contribution in [0.1, 0.15) is 51.8 Å². The molecule has 1 aliphatic rings. The largest absolute Gasteiger partial charge is 0.366 e. The van der Waals surface area contributed by atoms with E-state index in [0.29, 0.717) is 12.0 Å². The van der Waals surface area contributed by atoms with Gasteiger partial charge in [-0.2, -0.15) is 11.8 Å². The number of thioether (sulfide) groups is 1. The van der Waals surface area contributed by atoms with Crippen LogP contribution in [0, 0.1) is 0 Å². The average molecular weight is 344 g/mol. The molecule has 1 heterocycles. The highest BCUT2D eigenvalue weighted by Crippen LogP contribution is 2.32. The molecular formula is C14H22BrN3S. The Bertz CT molecular complexity index is 425. The van der Waals surface area contributed by atoms with Gasteiger partial charge in [0.15, 0.2) is 0 Å². The van der Waals surface area contributed by atoms with Crippen LogP contribution in [0.5, 0.6) is 0 Å². The first-order valence-corrected chi connectivity index (χ1v) is 8.87. The molecule has 1 N–H and O–H groups in total. The molecule has 0 bridgehead atoms. The number of nitrogens with one attached hydrogen (secondary N) is 1. The van der Waals surface area contributed by atoms with E-state index in [1.807, 2.05) is 6.07 Å². The predicted octanol–water partition coefficient (Wildman–Crippen LogP) is 4.45. The van der Waals surface area contributed by atoms with Crippen LogP contribution in [0.3, 0.4) is 0 Å². The van der Waals surface area contributed by atoms with Gasteiger partial charge in [0.1, 0.15) is 16.2 Å². The monoisotopic (exact) mass is 343 g/mol. The molecule has 0 radical (unpaired) electrons. The first kappa shape index (κ1) is 15.1. The molecule has 0 amide bonds. The molecule has 2 unspecified atom stereocenters. The van der Waals surface area contributed by atoms with Gasteiger partial charge in [-0.05, 0) is 34.5 Å². The normalized spacial score (nSPS) is 23.0. The topological polar surface area (TPSA) is 37.8 Å². The Labute approximate surface area is 128 Å². The lowest BCUT2D eigenvalue weighted by Gasteiger charge is -2.21. The second kappa shape index (κ2) is 6.93. The number of aromatic nitrogens is 2. The zero-order valence-electron chi connectivity index (χ0n) is 11.8. The van der Waals surface area contributed by atoms with E-state index in [0.717, 1.165) is 21.5 Å². The van der Waals surface area contributed by atoms with Gasteiger partial charge in [-0.25, -0.2) is 9.97 Å². The molecular weight excluding hydrogens is 322 g/mol. The lowest BCUT2D eigenvalue weighted by atomic mass is 10.2. The highest BCUT2D eigenvalue weighted by atomic mass is 79.9. The Hall–Kier alpha value is -0.290. The molecule has 106 valence electrons. The van der Waals surface area contributed by atoms with Gasteiger partial charge >= 0.3 is 0 Å². The molecule has 0 spiro atoms. The Balaban J connectivity index is 2.09. The fraction of sp³-hybridized carbons (Fsp3) is 0.714. The third-order valence-electron chi connectivity index (χ3n) is 3.40. The molecule has 1 saturated carbocycles. The molecule has 1 aliphatic carbocycles. The second-order valence-electron chi connectivity index (χ2n) is 5.26. The minimum absolute atomic E-state index is 0.349. The van der Waals surface area contributed by atoms with E-state index < -0.39 is 0 Å². The summed E-state index contributed by atoms with van der Waals surface area (Å²) in [6.45, 7) is 6.48. The molecule has 2 atom stereocenters. The maximum atomic E-state index is 4.63. The summed E-state index contributed by atoms with van der Waals surface area (Å²) in [6, 6.07) is 2.53. The molecule has 1 aromatic heterocycles. The minimum Gasteiger partial charge on any atom is -0.366 e. The van der Waals surface area contributed by atoms with Crippen LogP contribution in [0.4, 0.5) is 5.82 Å². The maximum absolute atomic E-state index is 4.63. The number of nitrogens with zero attached hydrogens (tertiary/aromatic N) is 2. The molecule has 1 fully saturated rings. The SMILES string of the molecule is CCSC1CCCC1Nc1cc(Br)nc(C(C)C)n1. The van der Waals surface area contributed by atoms with E-state index in [2.05, 4.69) is 63.7 Å². The first-order chi connectivity index (χ1) is 9.10. The highest BCUT2D eigenvalue weighted by Gasteiger charge is 2.27. The average Bonchev–Trinajstić information content (AvgIpc) is 2.76. The number of halogens is 1. The lowest BCUT2D eigenvalue weighted by Crippen LogP contribution is -2.27. The standard InChI is InChI=1S/C14H22BrN3S/c1-4-19-11-7-5-6-10(11)16-13-8-12(15)17-14(18-13)9(2)3/h8-11H,4-7H2,1-3H3,(H,16,17,18). The Morgan fingerprint density at radius 1 is 1.42 bits per heavy atom. The third-order valence-corrected chi connectivity index (χ3v) is 5.13. The lowest BCUT2D eigenvalue weighted by molar-refractivity contribution is 0.740. The quantitative estimate of drug-likeness (QED) is 0.801. The van der Waals surface area contributed by atoms with Crippen LogP contribution in [0.15, 0.2) is 10.7 Å². The summed E-state index contributed by atoms with van der Waals surface area (Å²) in [6.07, 6.45) is 3.88. The Morgan fingerprint density at radius 2 is 2.21 bits per heavy atom. The van der Waals surface area contributed by atoms with Gasteiger partial charge in [0.25, 0.3) is 0 Å². The van der Waals surface area contributed by atoms with Crippen LogP contribution < -0.4 is 5.32 Å². The van der Waals surface area contributed by atoms with Crippen LogP contribution in [-0.4, -0.2) is 27.0 Å². The van der Waals surface area contributed by atoms with Gasteiger partial charge in [0.05, 0.1) is 0 Å². The highest BCUT2D eigenvalue weighted by molar-refractivity contribution is 9.10. The Morgan fingerprint density at radius 3 is 2.89 bits per heavy atom. The van der Waals surface area contributed by atoms with Crippen molar-refractivity contribution in [3.05, 3.63) is 16.5 Å². The van der Waals surface area contributed by atoms with Crippen LogP contribution in [0.2, 0.25) is 0 Å². The van der Waals surface area contributed by atoms with E-state index in [9.17, 15) is 0 Å². The summed E-state index contributed by atoms with van der Waals surface area (Å²) in [5.41, 5.74) is 0. The number of anilines is 1. The number of rotatable bonds is 5. The van der Waals surface area contributed by atoms with Gasteiger partial charge in [-0.1, -0.05) is 27.2 Å². The van der Waals surface area contributed by atoms with Crippen LogP contribution in [-0.2, 0) is 0 Å². The van der Waals surface area contributed by atoms with E-state index in [-0.39, 0.29) is 0 Å². The van der Waals surface area contributed by atoms with Crippen LogP contribution in [0.25, 0.3) is 0 Å². The third kappa shape index (κ3) is 4.09. The van der Waals surface area contributed by atoms with Gasteiger partial charge in [-0.3, -0.25) is 0 Å². The van der Waals surface area contributed by atoms with Crippen molar-refractivity contribution in [1.29, 1.82) is 0 Å². The van der Waals surface area contributed by atoms with Gasteiger partial charge < -0.3 is 5.32 Å². The number of hydrogen-bond acceptors (Lipinski definition) is 4. The van der Waals surface area contributed by atoms with Crippen molar-refractivity contribution in [3.63, 3.8) is 0 Å². The van der Waals surface area contributed by atoms with Crippen molar-refractivity contribution < 1.29 is 0 Å². The zero-order valence-corrected chi connectivity index (χ0v) is 14.2. The van der Waals surface area contributed by atoms with E-state index in [1.165, 1.54) is 25.0 Å². The Kier molecular flexibility index (Phi) is 5.51. The van der Waals surface area contributed by atoms with Crippen molar-refractivity contribution in [2.75, 3.05) is 11.1 Å². The summed E-state index contributed by atoms with van der Waals surface area (Å²) in [5, 5.41) is 4.33. The second-order valence-corrected chi connectivity index (χ2v) is 7.59. The molecule has 0 saturated heterocycles. The van der Waals surface area contributed by atoms with E-state index in [4.69, 9.17) is 0 Å². The van der Waals surface area contributed by atoms with Gasteiger partial charge in [0.2, 0.25) is 0 Å². The fourth-order valence-corrected chi connectivity index (χ4v) is 4.06. The first-order valence-electron chi connectivity index (χ1n) is 7.02. The molecule has 1 aromatic rings. The van der Waals surface area contributed by atoms with Crippen molar-refractivity contribution >= 4 is 33.5 Å². The maximum Gasteiger partial charge on any atom is 0.134 e. The van der Waals surface area contributed by atoms with Gasteiger partial charge in [0, 0.05) is 23.3 Å². The zero-order chi connectivity index (χ0) is 13.8. The van der Waals surface area contributed by atoms with Crippen molar-refractivity contribution in [2.45, 2.75) is 57.2 Å². The van der Waals surface area contributed by atoms with Crippen molar-refractivity contribution in [3.8, 4) is 0 Å². The van der Waals surface area contributed by atoms with E-state index >= 15 is 0 Å². The summed E-state index contributed by atoms with van der Waals surface area (Å²) in [5.74, 6) is 3.39. The molecule has 5 heteroatoms. The van der Waals surface area contributed by atoms with Crippen LogP contribution >= 0.6 is 27.7 Å². The molecule has 19 heavy (non-hydrogen) atoms. The summed E-state index contributed by atoms with van der Waals surface area (Å²) >= 11 is 5.54. The number of hydrogen-bond donors (Lipinski definition) is 1. The molecule has 0 aliphatic heterocycles. The van der Waals surface area contributed by atoms with E-state index in [1.54, 1.807) is 0 Å². The molecule has 2 rings (SSSR count). The van der Waals surface area contributed by atoms with Gasteiger partial charge in [-0.15, -0.1) is 0 Å². The van der Waals surface area contributed by atoms with Crippen molar-refractivity contribution in [2.24, 2.45) is 0 Å². The minimum atomic E-state index is 0.349. The summed E-state index contributed by atoms with van der Waals surface area (Å²) < 4.78 is 0.867. The predicted molar refractivity (Wildman–Crippen MR) is 87.0 cm³/mol. The summed E-state index contributed by atoms with van der Waals surface area (Å²) in [4.78, 5) is 9.05.